The van der Waals surface area contributed by atoms with Gasteiger partial charge in [-0.15, -0.1) is 12.4 Å². The molecule has 0 radical (unpaired) electrons. The lowest BCUT2D eigenvalue weighted by atomic mass is 10.2. The minimum atomic E-state index is -4.79. The summed E-state index contributed by atoms with van der Waals surface area (Å²) in [4.78, 5) is -0.802. The van der Waals surface area contributed by atoms with E-state index in [0.717, 1.165) is 31.5 Å². The van der Waals surface area contributed by atoms with E-state index in [0.29, 0.717) is 12.5 Å². The fourth-order valence-corrected chi connectivity index (χ4v) is 3.83. The van der Waals surface area contributed by atoms with Crippen LogP contribution in [-0.2, 0) is 16.2 Å². The van der Waals surface area contributed by atoms with Gasteiger partial charge in [-0.1, -0.05) is 11.6 Å². The molecule has 1 heterocycles. The second-order valence-electron chi connectivity index (χ2n) is 5.12. The third kappa shape index (κ3) is 5.49. The standard InChI is InChI=1S/C13H16ClF3N2O2S.ClH/c14-9-3-4-12(11(8-9)13(15,16)17)22(20,21)19-7-5-10-2-1-6-18-10;/h3-4,8,10,18-19H,1-2,5-7H2;1H/t10-;/m1./s1. The van der Waals surface area contributed by atoms with Crippen molar-refractivity contribution in [2.24, 2.45) is 0 Å². The number of hydrogen-bond acceptors (Lipinski definition) is 3. The van der Waals surface area contributed by atoms with E-state index in [-0.39, 0.29) is 30.0 Å². The third-order valence-electron chi connectivity index (χ3n) is 3.48. The highest BCUT2D eigenvalue weighted by Gasteiger charge is 2.37. The molecule has 132 valence electrons. The molecule has 0 aliphatic carbocycles. The molecule has 4 nitrogen and oxygen atoms in total. The quantitative estimate of drug-likeness (QED) is 0.808. The number of hydrogen-bond donors (Lipinski definition) is 2. The second kappa shape index (κ2) is 8.02. The molecule has 1 aliphatic rings. The van der Waals surface area contributed by atoms with Gasteiger partial charge in [0.25, 0.3) is 0 Å². The normalized spacial score (nSPS) is 18.7. The van der Waals surface area contributed by atoms with Crippen molar-refractivity contribution in [1.29, 1.82) is 0 Å². The average Bonchev–Trinajstić information content (AvgIpc) is 2.90. The number of rotatable bonds is 5. The summed E-state index contributed by atoms with van der Waals surface area (Å²) in [5.74, 6) is 0. The molecule has 2 N–H and O–H groups in total. The molecule has 0 spiro atoms. The molecule has 1 aromatic carbocycles. The first-order valence-corrected chi connectivity index (χ1v) is 8.66. The first-order chi connectivity index (χ1) is 10.2. The maximum atomic E-state index is 13.0. The molecule has 0 aromatic heterocycles. The summed E-state index contributed by atoms with van der Waals surface area (Å²) in [5.41, 5.74) is -1.26. The molecule has 2 rings (SSSR count). The summed E-state index contributed by atoms with van der Waals surface area (Å²) in [6, 6.07) is 2.83. The molecule has 1 atom stereocenters. The van der Waals surface area contributed by atoms with E-state index in [2.05, 4.69) is 10.0 Å². The molecule has 1 fully saturated rings. The SMILES string of the molecule is Cl.O=S(=O)(NCC[C@H]1CCCN1)c1ccc(Cl)cc1C(F)(F)F. The Morgan fingerprint density at radius 1 is 1.35 bits per heavy atom. The molecule has 1 saturated heterocycles. The molecule has 10 heteroatoms. The van der Waals surface area contributed by atoms with E-state index in [1.54, 1.807) is 0 Å². The Bertz CT molecular complexity index is 633. The van der Waals surface area contributed by atoms with E-state index < -0.39 is 26.7 Å². The molecular weight excluding hydrogens is 376 g/mol. The highest BCUT2D eigenvalue weighted by Crippen LogP contribution is 2.35. The number of alkyl halides is 3. The lowest BCUT2D eigenvalue weighted by Gasteiger charge is -2.15. The van der Waals surface area contributed by atoms with Crippen molar-refractivity contribution < 1.29 is 21.6 Å². The molecule has 23 heavy (non-hydrogen) atoms. The van der Waals surface area contributed by atoms with Gasteiger partial charge in [-0.25, -0.2) is 13.1 Å². The van der Waals surface area contributed by atoms with Gasteiger partial charge in [-0.05, 0) is 44.0 Å². The number of nitrogens with one attached hydrogen (secondary N) is 2. The first-order valence-electron chi connectivity index (χ1n) is 6.80. The van der Waals surface area contributed by atoms with Crippen LogP contribution in [0.2, 0.25) is 5.02 Å². The fourth-order valence-electron chi connectivity index (χ4n) is 2.41. The van der Waals surface area contributed by atoms with Crippen molar-refractivity contribution in [2.45, 2.75) is 36.4 Å². The number of halogens is 5. The number of sulfonamides is 1. The Morgan fingerprint density at radius 3 is 2.61 bits per heavy atom. The van der Waals surface area contributed by atoms with Crippen molar-refractivity contribution in [1.82, 2.24) is 10.0 Å². The zero-order valence-electron chi connectivity index (χ0n) is 12.0. The molecule has 0 amide bonds. The van der Waals surface area contributed by atoms with Crippen molar-refractivity contribution in [3.63, 3.8) is 0 Å². The van der Waals surface area contributed by atoms with Crippen LogP contribution in [0.5, 0.6) is 0 Å². The molecular formula is C13H17Cl2F3N2O2S. The van der Waals surface area contributed by atoms with Gasteiger partial charge in [0, 0.05) is 17.6 Å². The Hall–Kier alpha value is -0.540. The van der Waals surface area contributed by atoms with Gasteiger partial charge in [0.05, 0.1) is 10.5 Å². The Balaban J connectivity index is 0.00000264. The summed E-state index contributed by atoms with van der Waals surface area (Å²) >= 11 is 5.54. The van der Waals surface area contributed by atoms with Crippen molar-refractivity contribution in [3.05, 3.63) is 28.8 Å². The van der Waals surface area contributed by atoms with Crippen molar-refractivity contribution in [2.75, 3.05) is 13.1 Å². The Labute approximate surface area is 144 Å². The molecule has 1 aliphatic heterocycles. The van der Waals surface area contributed by atoms with Crippen molar-refractivity contribution >= 4 is 34.0 Å². The monoisotopic (exact) mass is 392 g/mol. The van der Waals surface area contributed by atoms with E-state index in [1.807, 2.05) is 0 Å². The minimum absolute atomic E-state index is 0. The predicted octanol–water partition coefficient (Wildman–Crippen LogP) is 3.20. The second-order valence-corrected chi connectivity index (χ2v) is 7.29. The average molecular weight is 393 g/mol. The van der Waals surface area contributed by atoms with Crippen LogP contribution in [0.15, 0.2) is 23.1 Å². The van der Waals surface area contributed by atoms with Crippen molar-refractivity contribution in [3.8, 4) is 0 Å². The van der Waals surface area contributed by atoms with Gasteiger partial charge < -0.3 is 5.32 Å². The maximum absolute atomic E-state index is 13.0. The zero-order valence-corrected chi connectivity index (χ0v) is 14.4. The Kier molecular flexibility index (Phi) is 7.15. The minimum Gasteiger partial charge on any atom is -0.314 e. The third-order valence-corrected chi connectivity index (χ3v) is 5.24. The van der Waals surface area contributed by atoms with Crippen LogP contribution in [0.4, 0.5) is 13.2 Å². The predicted molar refractivity (Wildman–Crippen MR) is 84.5 cm³/mol. The van der Waals surface area contributed by atoms with Gasteiger partial charge >= 0.3 is 6.18 Å². The van der Waals surface area contributed by atoms with Crippen LogP contribution < -0.4 is 10.0 Å². The number of benzene rings is 1. The van der Waals surface area contributed by atoms with Gasteiger partial charge in [0.15, 0.2) is 0 Å². The Morgan fingerprint density at radius 2 is 2.04 bits per heavy atom. The van der Waals surface area contributed by atoms with E-state index in [9.17, 15) is 21.6 Å². The highest BCUT2D eigenvalue weighted by atomic mass is 35.5. The van der Waals surface area contributed by atoms with E-state index in [4.69, 9.17) is 11.6 Å². The lowest BCUT2D eigenvalue weighted by molar-refractivity contribution is -0.139. The van der Waals surface area contributed by atoms with Crippen LogP contribution in [0.1, 0.15) is 24.8 Å². The molecule has 1 aromatic rings. The van der Waals surface area contributed by atoms with Crippen LogP contribution in [0, 0.1) is 0 Å². The smallest absolute Gasteiger partial charge is 0.314 e. The van der Waals surface area contributed by atoms with Gasteiger partial charge in [-0.3, -0.25) is 0 Å². The topological polar surface area (TPSA) is 58.2 Å². The lowest BCUT2D eigenvalue weighted by Crippen LogP contribution is -2.31. The van der Waals surface area contributed by atoms with E-state index >= 15 is 0 Å². The molecule has 0 unspecified atom stereocenters. The van der Waals surface area contributed by atoms with Gasteiger partial charge in [-0.2, -0.15) is 13.2 Å². The van der Waals surface area contributed by atoms with Crippen LogP contribution >= 0.6 is 24.0 Å². The van der Waals surface area contributed by atoms with Gasteiger partial charge in [0.2, 0.25) is 10.0 Å². The molecule has 0 bridgehead atoms. The highest BCUT2D eigenvalue weighted by molar-refractivity contribution is 7.89. The zero-order chi connectivity index (χ0) is 16.4. The summed E-state index contributed by atoms with van der Waals surface area (Å²) < 4.78 is 65.3. The molecule has 0 saturated carbocycles. The largest absolute Gasteiger partial charge is 0.417 e. The van der Waals surface area contributed by atoms with Crippen LogP contribution in [-0.4, -0.2) is 27.5 Å². The van der Waals surface area contributed by atoms with Gasteiger partial charge in [0.1, 0.15) is 0 Å². The van der Waals surface area contributed by atoms with E-state index in [1.165, 1.54) is 0 Å². The summed E-state index contributed by atoms with van der Waals surface area (Å²) in [5, 5.41) is 3.03. The summed E-state index contributed by atoms with van der Waals surface area (Å²) in [6.45, 7) is 0.965. The fraction of sp³-hybridized carbons (Fsp3) is 0.538. The first kappa shape index (κ1) is 20.5. The summed E-state index contributed by atoms with van der Waals surface area (Å²) in [6.07, 6.45) is -2.29. The van der Waals surface area contributed by atoms with Crippen LogP contribution in [0.3, 0.4) is 0 Å². The van der Waals surface area contributed by atoms with Crippen LogP contribution in [0.25, 0.3) is 0 Å². The maximum Gasteiger partial charge on any atom is 0.417 e. The summed E-state index contributed by atoms with van der Waals surface area (Å²) in [7, 11) is -4.24.